The standard InChI is InChI=1S/C27H29F4N7O5S/c1-14(2)34-24(40)26(4,5)37-21(39)20-15(3)22(38-32-9-10-33-38)44-23(20)36(25(37)41)12-18(35-43-13-27(29,30)31)17-11-16(28)7-8-19(17)42-6/h7-11,14H,12-13H2,1-6H3,(H,34,40)/b35-18-. The van der Waals surface area contributed by atoms with Crippen molar-refractivity contribution in [1.29, 1.82) is 0 Å². The van der Waals surface area contributed by atoms with Gasteiger partial charge >= 0.3 is 11.9 Å². The molecule has 4 rings (SSSR count). The molecule has 236 valence electrons. The molecule has 0 unspecified atom stereocenters. The Morgan fingerprint density at radius 2 is 1.82 bits per heavy atom. The van der Waals surface area contributed by atoms with Gasteiger partial charge in [0.05, 0.1) is 31.4 Å². The summed E-state index contributed by atoms with van der Waals surface area (Å²) >= 11 is 0.959. The van der Waals surface area contributed by atoms with Crippen molar-refractivity contribution in [2.75, 3.05) is 13.7 Å². The van der Waals surface area contributed by atoms with Gasteiger partial charge in [0, 0.05) is 17.2 Å². The van der Waals surface area contributed by atoms with Crippen molar-refractivity contribution in [2.24, 2.45) is 5.16 Å². The molecule has 0 atom stereocenters. The highest BCUT2D eigenvalue weighted by atomic mass is 32.1. The molecule has 0 saturated carbocycles. The largest absolute Gasteiger partial charge is 0.496 e. The van der Waals surface area contributed by atoms with Crippen molar-refractivity contribution in [3.05, 3.63) is 68.4 Å². The van der Waals surface area contributed by atoms with Gasteiger partial charge in [-0.2, -0.15) is 23.4 Å². The average molecular weight is 640 g/mol. The van der Waals surface area contributed by atoms with Crippen molar-refractivity contribution in [2.45, 2.75) is 58.9 Å². The van der Waals surface area contributed by atoms with E-state index in [0.717, 1.165) is 32.6 Å². The first kappa shape index (κ1) is 32.4. The first-order valence-electron chi connectivity index (χ1n) is 13.1. The van der Waals surface area contributed by atoms with Crippen molar-refractivity contribution in [1.82, 2.24) is 29.4 Å². The number of amides is 1. The second kappa shape index (κ2) is 12.2. The summed E-state index contributed by atoms with van der Waals surface area (Å²) < 4.78 is 60.4. The molecule has 0 aliphatic heterocycles. The second-order valence-electron chi connectivity index (χ2n) is 10.5. The predicted octanol–water partition coefficient (Wildman–Crippen LogP) is 3.50. The Balaban J connectivity index is 2.05. The van der Waals surface area contributed by atoms with Crippen LogP contribution in [-0.2, 0) is 21.7 Å². The van der Waals surface area contributed by atoms with Crippen LogP contribution in [0.2, 0.25) is 0 Å². The lowest BCUT2D eigenvalue weighted by Crippen LogP contribution is -2.56. The number of halogens is 4. The maximum absolute atomic E-state index is 14.4. The van der Waals surface area contributed by atoms with Gasteiger partial charge in [-0.15, -0.1) is 4.80 Å². The van der Waals surface area contributed by atoms with Crippen LogP contribution in [0.25, 0.3) is 15.2 Å². The van der Waals surface area contributed by atoms with Crippen molar-refractivity contribution in [3.63, 3.8) is 0 Å². The van der Waals surface area contributed by atoms with E-state index in [0.29, 0.717) is 10.6 Å². The van der Waals surface area contributed by atoms with Gasteiger partial charge in [0.2, 0.25) is 12.5 Å². The highest BCUT2D eigenvalue weighted by Crippen LogP contribution is 2.31. The molecule has 0 radical (unpaired) electrons. The molecule has 17 heteroatoms. The number of hydrogen-bond acceptors (Lipinski definition) is 9. The topological polar surface area (TPSA) is 135 Å². The van der Waals surface area contributed by atoms with E-state index in [4.69, 9.17) is 4.74 Å². The zero-order valence-corrected chi connectivity index (χ0v) is 25.3. The number of ether oxygens (including phenoxy) is 1. The normalized spacial score (nSPS) is 12.7. The quantitative estimate of drug-likeness (QED) is 0.160. The molecule has 1 N–H and O–H groups in total. The smallest absolute Gasteiger partial charge is 0.425 e. The van der Waals surface area contributed by atoms with Gasteiger partial charge in [-0.25, -0.2) is 13.8 Å². The molecule has 4 aromatic rings. The fourth-order valence-electron chi connectivity index (χ4n) is 4.42. The first-order chi connectivity index (χ1) is 20.6. The van der Waals surface area contributed by atoms with Crippen molar-refractivity contribution in [3.8, 4) is 10.8 Å². The van der Waals surface area contributed by atoms with Crippen LogP contribution in [0.1, 0.15) is 38.8 Å². The molecule has 3 heterocycles. The lowest BCUT2D eigenvalue weighted by molar-refractivity contribution is -0.173. The minimum atomic E-state index is -4.75. The summed E-state index contributed by atoms with van der Waals surface area (Å²) in [6, 6.07) is 2.95. The number of benzene rings is 1. The van der Waals surface area contributed by atoms with Gasteiger partial charge in [-0.3, -0.25) is 14.2 Å². The number of aryl methyl sites for hydroxylation is 1. The van der Waals surface area contributed by atoms with Crippen LogP contribution in [0, 0.1) is 12.7 Å². The minimum Gasteiger partial charge on any atom is -0.496 e. The molecule has 1 aromatic carbocycles. The molecule has 12 nitrogen and oxygen atoms in total. The molecule has 0 aliphatic carbocycles. The highest BCUT2D eigenvalue weighted by Gasteiger charge is 2.36. The van der Waals surface area contributed by atoms with Crippen LogP contribution in [0.4, 0.5) is 17.6 Å². The van der Waals surface area contributed by atoms with Crippen molar-refractivity contribution < 1.29 is 31.9 Å². The van der Waals surface area contributed by atoms with E-state index in [1.807, 2.05) is 0 Å². The molecule has 0 bridgehead atoms. The summed E-state index contributed by atoms with van der Waals surface area (Å²) in [6.07, 6.45) is -1.93. The van der Waals surface area contributed by atoms with Gasteiger partial charge in [-0.1, -0.05) is 16.5 Å². The lowest BCUT2D eigenvalue weighted by Gasteiger charge is -2.27. The summed E-state index contributed by atoms with van der Waals surface area (Å²) in [5.74, 6) is -1.37. The van der Waals surface area contributed by atoms with Crippen LogP contribution < -0.4 is 21.3 Å². The van der Waals surface area contributed by atoms with Gasteiger partial charge in [0.25, 0.3) is 5.56 Å². The van der Waals surface area contributed by atoms with Crippen LogP contribution in [0.5, 0.6) is 5.75 Å². The molecule has 3 aromatic heterocycles. The molecular formula is C27H29F4N7O5S. The monoisotopic (exact) mass is 639 g/mol. The van der Waals surface area contributed by atoms with Gasteiger partial charge in [0.1, 0.15) is 32.6 Å². The Morgan fingerprint density at radius 1 is 1.16 bits per heavy atom. The summed E-state index contributed by atoms with van der Waals surface area (Å²) in [5, 5.41) is 15.0. The molecule has 1 amide bonds. The maximum atomic E-state index is 14.4. The van der Waals surface area contributed by atoms with Crippen LogP contribution in [0.3, 0.4) is 0 Å². The molecular weight excluding hydrogens is 610 g/mol. The predicted molar refractivity (Wildman–Crippen MR) is 154 cm³/mol. The van der Waals surface area contributed by atoms with E-state index < -0.39 is 47.8 Å². The van der Waals surface area contributed by atoms with Crippen molar-refractivity contribution >= 4 is 33.2 Å². The number of hydrogen-bond donors (Lipinski definition) is 1. The summed E-state index contributed by atoms with van der Waals surface area (Å²) in [6.45, 7) is 5.42. The number of aromatic nitrogens is 5. The number of thiophene rings is 1. The number of nitrogens with one attached hydrogen (secondary N) is 1. The highest BCUT2D eigenvalue weighted by molar-refractivity contribution is 7.21. The third-order valence-corrected chi connectivity index (χ3v) is 7.79. The Hall–Kier alpha value is -4.54. The van der Waals surface area contributed by atoms with E-state index in [1.54, 1.807) is 20.8 Å². The zero-order chi connectivity index (χ0) is 32.6. The lowest BCUT2D eigenvalue weighted by atomic mass is 10.0. The fourth-order valence-corrected chi connectivity index (χ4v) is 5.63. The van der Waals surface area contributed by atoms with Crippen LogP contribution >= 0.6 is 11.3 Å². The molecule has 0 spiro atoms. The SMILES string of the molecule is COc1ccc(F)cc1/C(Cn1c(=O)n(C(C)(C)C(=O)NC(C)C)c(=O)c2c(C)c(-n3nccn3)sc21)=N\OCC(F)(F)F. The number of carbonyl (C=O) groups is 1. The van der Waals surface area contributed by atoms with Gasteiger partial charge in [0.15, 0.2) is 0 Å². The molecule has 0 saturated heterocycles. The zero-order valence-electron chi connectivity index (χ0n) is 24.5. The van der Waals surface area contributed by atoms with E-state index in [2.05, 4.69) is 25.5 Å². The number of methoxy groups -OCH3 is 1. The third kappa shape index (κ3) is 6.36. The van der Waals surface area contributed by atoms with Crippen LogP contribution in [0.15, 0.2) is 45.3 Å². The number of oxime groups is 1. The van der Waals surface area contributed by atoms with E-state index >= 15 is 0 Å². The van der Waals surface area contributed by atoms with E-state index in [1.165, 1.54) is 44.2 Å². The molecule has 44 heavy (non-hydrogen) atoms. The Bertz CT molecular complexity index is 1840. The Kier molecular flexibility index (Phi) is 8.99. The number of alkyl halides is 3. The number of nitrogens with zero attached hydrogens (tertiary/aromatic N) is 6. The van der Waals surface area contributed by atoms with E-state index in [-0.39, 0.29) is 33.3 Å². The first-order valence-corrected chi connectivity index (χ1v) is 13.9. The summed E-state index contributed by atoms with van der Waals surface area (Å²) in [4.78, 5) is 47.4. The second-order valence-corrected chi connectivity index (χ2v) is 11.5. The Labute approximate surface area is 251 Å². The third-order valence-electron chi connectivity index (χ3n) is 6.51. The number of carbonyl (C=O) groups excluding carboxylic acids is 1. The van der Waals surface area contributed by atoms with Gasteiger partial charge < -0.3 is 14.9 Å². The minimum absolute atomic E-state index is 0.0267. The fraction of sp³-hybridized carbons (Fsp3) is 0.407. The molecule has 0 fully saturated rings. The summed E-state index contributed by atoms with van der Waals surface area (Å²) in [7, 11) is 1.26. The summed E-state index contributed by atoms with van der Waals surface area (Å²) in [5.41, 5.74) is -3.55. The van der Waals surface area contributed by atoms with E-state index in [9.17, 15) is 31.9 Å². The number of fused-ring (bicyclic) bond motifs is 1. The average Bonchev–Trinajstić information content (AvgIpc) is 3.57. The molecule has 0 aliphatic rings. The van der Waals surface area contributed by atoms with Crippen LogP contribution in [-0.4, -0.2) is 61.7 Å². The Morgan fingerprint density at radius 3 is 2.41 bits per heavy atom. The maximum Gasteiger partial charge on any atom is 0.425 e. The van der Waals surface area contributed by atoms with Gasteiger partial charge in [-0.05, 0) is 52.8 Å². The number of rotatable bonds is 10.